The van der Waals surface area contributed by atoms with Gasteiger partial charge >= 0.3 is 0 Å². The van der Waals surface area contributed by atoms with Gasteiger partial charge < -0.3 is 10.3 Å². The van der Waals surface area contributed by atoms with Crippen molar-refractivity contribution in [2.75, 3.05) is 5.73 Å². The second kappa shape index (κ2) is 4.59. The van der Waals surface area contributed by atoms with Crippen LogP contribution in [0, 0.1) is 0 Å². The smallest absolute Gasteiger partial charge is 0.170 e. The topological polar surface area (TPSA) is 60.9 Å². The van der Waals surface area contributed by atoms with Gasteiger partial charge in [0, 0.05) is 25.0 Å². The summed E-state index contributed by atoms with van der Waals surface area (Å²) in [7, 11) is 1.85. The Morgan fingerprint density at radius 2 is 2.29 bits per heavy atom. The van der Waals surface area contributed by atoms with Crippen molar-refractivity contribution in [3.05, 3.63) is 47.0 Å². The minimum absolute atomic E-state index is 0.0267. The molecule has 0 amide bonds. The number of ketones is 1. The Hall–Kier alpha value is -1.81. The van der Waals surface area contributed by atoms with Gasteiger partial charge in [-0.15, -0.1) is 0 Å². The van der Waals surface area contributed by atoms with Crippen LogP contribution in [-0.2, 0) is 13.5 Å². The van der Waals surface area contributed by atoms with Crippen molar-refractivity contribution in [1.29, 1.82) is 0 Å². The van der Waals surface area contributed by atoms with Crippen LogP contribution in [0.1, 0.15) is 16.2 Å². The first-order valence-corrected chi connectivity index (χ1v) is 5.50. The molecule has 0 aliphatic rings. The summed E-state index contributed by atoms with van der Waals surface area (Å²) in [6, 6.07) is 4.89. The minimum atomic E-state index is -0.0267. The number of Topliss-reactive ketones (excluding diaryl/α,β-unsaturated/α-hetero) is 1. The highest BCUT2D eigenvalue weighted by Gasteiger charge is 2.11. The van der Waals surface area contributed by atoms with Crippen molar-refractivity contribution in [2.24, 2.45) is 7.05 Å². The lowest BCUT2D eigenvalue weighted by molar-refractivity contribution is 0.0990. The average molecular weight is 250 g/mol. The Labute approximate surface area is 104 Å². The molecule has 5 heteroatoms. The Morgan fingerprint density at radius 3 is 2.88 bits per heavy atom. The van der Waals surface area contributed by atoms with E-state index in [1.165, 1.54) is 0 Å². The van der Waals surface area contributed by atoms with E-state index < -0.39 is 0 Å². The number of nitrogen functional groups attached to an aromatic ring is 1. The van der Waals surface area contributed by atoms with Crippen LogP contribution < -0.4 is 5.73 Å². The van der Waals surface area contributed by atoms with Crippen LogP contribution in [-0.4, -0.2) is 15.3 Å². The number of hydrogen-bond donors (Lipinski definition) is 1. The third-order valence-corrected chi connectivity index (χ3v) is 2.89. The summed E-state index contributed by atoms with van der Waals surface area (Å²) in [5.74, 6) is 0.698. The van der Waals surface area contributed by atoms with Gasteiger partial charge in [-0.3, -0.25) is 4.79 Å². The minimum Gasteiger partial charge on any atom is -0.398 e. The van der Waals surface area contributed by atoms with Crippen LogP contribution in [0.5, 0.6) is 0 Å². The first-order valence-electron chi connectivity index (χ1n) is 5.12. The van der Waals surface area contributed by atoms with Crippen LogP contribution in [0.15, 0.2) is 30.6 Å². The fraction of sp³-hybridized carbons (Fsp3) is 0.167. The highest BCUT2D eigenvalue weighted by Crippen LogP contribution is 2.20. The summed E-state index contributed by atoms with van der Waals surface area (Å²) in [5.41, 5.74) is 6.61. The molecule has 1 heterocycles. The summed E-state index contributed by atoms with van der Waals surface area (Å²) < 4.78 is 1.82. The number of anilines is 1. The summed E-state index contributed by atoms with van der Waals surface area (Å²) >= 11 is 5.87. The number of hydrogen-bond acceptors (Lipinski definition) is 3. The molecule has 0 aliphatic heterocycles. The lowest BCUT2D eigenvalue weighted by Gasteiger charge is -2.04. The molecule has 0 atom stereocenters. The second-order valence-corrected chi connectivity index (χ2v) is 4.20. The maximum absolute atomic E-state index is 12.0. The van der Waals surface area contributed by atoms with E-state index in [0.717, 1.165) is 5.82 Å². The molecule has 4 nitrogen and oxygen atoms in total. The fourth-order valence-electron chi connectivity index (χ4n) is 1.51. The predicted octanol–water partition coefficient (Wildman–Crippen LogP) is 2.08. The number of carbonyl (C=O) groups is 1. The fourth-order valence-corrected chi connectivity index (χ4v) is 1.69. The molecule has 0 spiro atoms. The van der Waals surface area contributed by atoms with Gasteiger partial charge in [0.2, 0.25) is 0 Å². The Kier molecular flexibility index (Phi) is 3.15. The Morgan fingerprint density at radius 1 is 1.53 bits per heavy atom. The van der Waals surface area contributed by atoms with E-state index in [-0.39, 0.29) is 12.2 Å². The molecule has 0 saturated carbocycles. The summed E-state index contributed by atoms with van der Waals surface area (Å²) in [5, 5.41) is 0.399. The number of rotatable bonds is 3. The normalized spacial score (nSPS) is 10.5. The number of imidazole rings is 1. The molecule has 0 saturated heterocycles. The highest BCUT2D eigenvalue weighted by molar-refractivity contribution is 6.33. The first-order chi connectivity index (χ1) is 8.08. The van der Waals surface area contributed by atoms with Crippen molar-refractivity contribution in [1.82, 2.24) is 9.55 Å². The van der Waals surface area contributed by atoms with E-state index in [1.807, 2.05) is 11.6 Å². The molecular formula is C12H12ClN3O. The molecule has 0 unspecified atom stereocenters. The molecule has 1 aromatic heterocycles. The number of nitrogens with two attached hydrogens (primary N) is 1. The molecule has 2 aromatic rings. The standard InChI is InChI=1S/C12H12ClN3O/c1-16-5-4-15-12(16)7-11(17)8-2-3-10(14)9(13)6-8/h2-6H,7,14H2,1H3. The summed E-state index contributed by atoms with van der Waals surface area (Å²) in [6.07, 6.45) is 3.72. The van der Waals surface area contributed by atoms with Gasteiger partial charge in [-0.05, 0) is 18.2 Å². The summed E-state index contributed by atoms with van der Waals surface area (Å²) in [4.78, 5) is 16.1. The third kappa shape index (κ3) is 2.47. The molecule has 0 aliphatic carbocycles. The largest absolute Gasteiger partial charge is 0.398 e. The van der Waals surface area contributed by atoms with Crippen molar-refractivity contribution < 1.29 is 4.79 Å². The molecular weight excluding hydrogens is 238 g/mol. The summed E-state index contributed by atoms with van der Waals surface area (Å²) in [6.45, 7) is 0. The highest BCUT2D eigenvalue weighted by atomic mass is 35.5. The molecule has 1 aromatic carbocycles. The monoisotopic (exact) mass is 249 g/mol. The van der Waals surface area contributed by atoms with E-state index in [2.05, 4.69) is 4.98 Å². The van der Waals surface area contributed by atoms with Gasteiger partial charge in [-0.2, -0.15) is 0 Å². The Bertz CT molecular complexity index is 563. The van der Waals surface area contributed by atoms with E-state index in [1.54, 1.807) is 30.6 Å². The number of aromatic nitrogens is 2. The van der Waals surface area contributed by atoms with Gasteiger partial charge in [0.1, 0.15) is 5.82 Å². The van der Waals surface area contributed by atoms with E-state index in [4.69, 9.17) is 17.3 Å². The molecule has 88 valence electrons. The van der Waals surface area contributed by atoms with Crippen LogP contribution >= 0.6 is 11.6 Å². The van der Waals surface area contributed by atoms with E-state index >= 15 is 0 Å². The number of halogens is 1. The molecule has 0 bridgehead atoms. The maximum atomic E-state index is 12.0. The van der Waals surface area contributed by atoms with Crippen molar-refractivity contribution in [2.45, 2.75) is 6.42 Å². The van der Waals surface area contributed by atoms with Crippen molar-refractivity contribution in [3.8, 4) is 0 Å². The zero-order valence-electron chi connectivity index (χ0n) is 9.35. The number of aryl methyl sites for hydroxylation is 1. The predicted molar refractivity (Wildman–Crippen MR) is 67.1 cm³/mol. The maximum Gasteiger partial charge on any atom is 0.170 e. The third-order valence-electron chi connectivity index (χ3n) is 2.56. The molecule has 0 radical (unpaired) electrons. The number of nitrogens with zero attached hydrogens (tertiary/aromatic N) is 2. The quantitative estimate of drug-likeness (QED) is 0.669. The van der Waals surface area contributed by atoms with Crippen LogP contribution in [0.2, 0.25) is 5.02 Å². The number of benzene rings is 1. The second-order valence-electron chi connectivity index (χ2n) is 3.79. The average Bonchev–Trinajstić information content (AvgIpc) is 2.68. The van der Waals surface area contributed by atoms with Gasteiger partial charge in [0.05, 0.1) is 17.1 Å². The molecule has 17 heavy (non-hydrogen) atoms. The molecule has 0 fully saturated rings. The van der Waals surface area contributed by atoms with Crippen molar-refractivity contribution >= 4 is 23.1 Å². The van der Waals surface area contributed by atoms with Gasteiger partial charge in [0.25, 0.3) is 0 Å². The van der Waals surface area contributed by atoms with Crippen LogP contribution in [0.3, 0.4) is 0 Å². The zero-order valence-corrected chi connectivity index (χ0v) is 10.1. The number of carbonyl (C=O) groups excluding carboxylic acids is 1. The van der Waals surface area contributed by atoms with Crippen LogP contribution in [0.4, 0.5) is 5.69 Å². The van der Waals surface area contributed by atoms with E-state index in [0.29, 0.717) is 16.3 Å². The lowest BCUT2D eigenvalue weighted by atomic mass is 10.1. The van der Waals surface area contributed by atoms with Gasteiger partial charge in [0.15, 0.2) is 5.78 Å². The van der Waals surface area contributed by atoms with Gasteiger partial charge in [-0.1, -0.05) is 11.6 Å². The first kappa shape index (κ1) is 11.7. The van der Waals surface area contributed by atoms with Crippen molar-refractivity contribution in [3.63, 3.8) is 0 Å². The van der Waals surface area contributed by atoms with Gasteiger partial charge in [-0.25, -0.2) is 4.98 Å². The van der Waals surface area contributed by atoms with E-state index in [9.17, 15) is 4.79 Å². The zero-order chi connectivity index (χ0) is 12.4. The Balaban J connectivity index is 2.20. The lowest BCUT2D eigenvalue weighted by Crippen LogP contribution is -2.08. The molecule has 2 N–H and O–H groups in total. The SMILES string of the molecule is Cn1ccnc1CC(=O)c1ccc(N)c(Cl)c1. The molecule has 2 rings (SSSR count). The van der Waals surface area contributed by atoms with Crippen LogP contribution in [0.25, 0.3) is 0 Å².